The zero-order chi connectivity index (χ0) is 18.8. The molecular weight excluding hydrogens is 346 g/mol. The van der Waals surface area contributed by atoms with E-state index in [9.17, 15) is 23.2 Å². The van der Waals surface area contributed by atoms with Crippen molar-refractivity contribution in [2.24, 2.45) is 0 Å². The molecule has 3 rings (SSSR count). The number of carbonyl (C=O) groups excluding carboxylic acids is 2. The molecule has 0 saturated carbocycles. The molecule has 1 saturated heterocycles. The normalized spacial score (nSPS) is 20.5. The molecular formula is C18H20F2N2O4. The van der Waals surface area contributed by atoms with Gasteiger partial charge in [0.25, 0.3) is 0 Å². The smallest absolute Gasteiger partial charge is 0.303 e. The van der Waals surface area contributed by atoms with E-state index >= 15 is 0 Å². The fraction of sp³-hybridized carbons (Fsp3) is 0.500. The number of amides is 2. The van der Waals surface area contributed by atoms with E-state index in [-0.39, 0.29) is 37.7 Å². The number of hydrogen-bond acceptors (Lipinski definition) is 4. The van der Waals surface area contributed by atoms with Crippen molar-refractivity contribution in [1.29, 1.82) is 0 Å². The van der Waals surface area contributed by atoms with Crippen LogP contribution in [0.15, 0.2) is 12.1 Å². The number of halogens is 2. The van der Waals surface area contributed by atoms with Gasteiger partial charge in [0.1, 0.15) is 11.6 Å². The Labute approximate surface area is 149 Å². The molecule has 26 heavy (non-hydrogen) atoms. The Hall–Kier alpha value is -2.35. The molecule has 2 aliphatic heterocycles. The second-order valence-corrected chi connectivity index (χ2v) is 6.70. The molecule has 2 heterocycles. The Balaban J connectivity index is 1.64. The maximum atomic E-state index is 13.8. The highest BCUT2D eigenvalue weighted by molar-refractivity contribution is 6.05. The quantitative estimate of drug-likeness (QED) is 0.613. The third-order valence-electron chi connectivity index (χ3n) is 4.96. The fourth-order valence-electron chi connectivity index (χ4n) is 3.63. The summed E-state index contributed by atoms with van der Waals surface area (Å²) in [5, 5.41) is 8.63. The first-order valence-electron chi connectivity index (χ1n) is 8.63. The minimum absolute atomic E-state index is 0.000311. The van der Waals surface area contributed by atoms with Crippen LogP contribution in [-0.4, -0.2) is 51.8 Å². The van der Waals surface area contributed by atoms with Gasteiger partial charge < -0.3 is 5.11 Å². The van der Waals surface area contributed by atoms with Gasteiger partial charge in [-0.2, -0.15) is 0 Å². The van der Waals surface area contributed by atoms with Gasteiger partial charge in [0, 0.05) is 32.1 Å². The molecule has 8 heteroatoms. The Kier molecular flexibility index (Phi) is 5.31. The van der Waals surface area contributed by atoms with Crippen LogP contribution in [0, 0.1) is 11.6 Å². The summed E-state index contributed by atoms with van der Waals surface area (Å²) in [7, 11) is 0. The number of aliphatic carboxylic acids is 1. The lowest BCUT2D eigenvalue weighted by atomic mass is 9.97. The first-order chi connectivity index (χ1) is 12.4. The van der Waals surface area contributed by atoms with Gasteiger partial charge in [-0.15, -0.1) is 0 Å². The van der Waals surface area contributed by atoms with E-state index in [2.05, 4.69) is 0 Å². The molecule has 1 aromatic rings. The summed E-state index contributed by atoms with van der Waals surface area (Å²) < 4.78 is 27.3. The number of imide groups is 1. The summed E-state index contributed by atoms with van der Waals surface area (Å²) in [6, 6.07) is 1.51. The van der Waals surface area contributed by atoms with Crippen LogP contribution in [0.1, 0.15) is 36.8 Å². The molecule has 1 aromatic carbocycles. The molecule has 140 valence electrons. The average Bonchev–Trinajstić information content (AvgIpc) is 2.85. The largest absolute Gasteiger partial charge is 0.481 e. The summed E-state index contributed by atoms with van der Waals surface area (Å²) in [6.45, 7) is 0.849. The molecule has 0 aromatic heterocycles. The van der Waals surface area contributed by atoms with Gasteiger partial charge in [-0.3, -0.25) is 24.2 Å². The third-order valence-corrected chi connectivity index (χ3v) is 4.96. The van der Waals surface area contributed by atoms with Crippen molar-refractivity contribution < 1.29 is 28.3 Å². The lowest BCUT2D eigenvalue weighted by molar-refractivity contribution is -0.139. The molecule has 0 bridgehead atoms. The predicted octanol–water partition coefficient (Wildman–Crippen LogP) is 1.71. The Bertz CT molecular complexity index is 753. The number of benzene rings is 1. The number of hydrogen-bond donors (Lipinski definition) is 1. The van der Waals surface area contributed by atoms with Crippen LogP contribution in [0.5, 0.6) is 0 Å². The van der Waals surface area contributed by atoms with Crippen LogP contribution in [0.25, 0.3) is 0 Å². The van der Waals surface area contributed by atoms with E-state index in [4.69, 9.17) is 5.11 Å². The predicted molar refractivity (Wildman–Crippen MR) is 87.1 cm³/mol. The van der Waals surface area contributed by atoms with Crippen LogP contribution in [0.3, 0.4) is 0 Å². The SMILES string of the molecule is O=C(O)CCCCN1C(=O)C[C@H](N2CCc3c(F)cc(F)cc3C2)C1=O. The van der Waals surface area contributed by atoms with Gasteiger partial charge in [-0.05, 0) is 36.5 Å². The number of fused-ring (bicyclic) bond motifs is 1. The first kappa shape index (κ1) is 18.4. The van der Waals surface area contributed by atoms with Crippen molar-refractivity contribution in [3.63, 3.8) is 0 Å². The summed E-state index contributed by atoms with van der Waals surface area (Å²) in [6.07, 6.45) is 1.24. The van der Waals surface area contributed by atoms with Crippen LogP contribution >= 0.6 is 0 Å². The van der Waals surface area contributed by atoms with Crippen molar-refractivity contribution in [1.82, 2.24) is 9.80 Å². The summed E-state index contributed by atoms with van der Waals surface area (Å²) >= 11 is 0. The number of unbranched alkanes of at least 4 members (excludes halogenated alkanes) is 1. The number of carbonyl (C=O) groups is 3. The molecule has 2 aliphatic rings. The molecule has 0 spiro atoms. The first-order valence-corrected chi connectivity index (χ1v) is 8.63. The highest BCUT2D eigenvalue weighted by Crippen LogP contribution is 2.28. The lowest BCUT2D eigenvalue weighted by Gasteiger charge is -2.32. The molecule has 0 unspecified atom stereocenters. The van der Waals surface area contributed by atoms with Crippen molar-refractivity contribution in [3.8, 4) is 0 Å². The number of nitrogens with zero attached hydrogens (tertiary/aromatic N) is 2. The minimum atomic E-state index is -0.909. The molecule has 1 atom stereocenters. The van der Waals surface area contributed by atoms with Crippen LogP contribution < -0.4 is 0 Å². The molecule has 0 radical (unpaired) electrons. The Morgan fingerprint density at radius 2 is 2.00 bits per heavy atom. The van der Waals surface area contributed by atoms with Gasteiger partial charge in [0.2, 0.25) is 11.8 Å². The maximum absolute atomic E-state index is 13.8. The van der Waals surface area contributed by atoms with Crippen molar-refractivity contribution in [2.45, 2.75) is 44.7 Å². The second kappa shape index (κ2) is 7.49. The summed E-state index contributed by atoms with van der Waals surface area (Å²) in [5.41, 5.74) is 0.971. The molecule has 0 aliphatic carbocycles. The standard InChI is InChI=1S/C18H20F2N2O4/c19-12-7-11-10-21(6-4-13(11)14(20)8-12)15-9-16(23)22(18(15)26)5-2-1-3-17(24)25/h7-8,15H,1-6,9-10H2,(H,24,25)/t15-/m0/s1. The minimum Gasteiger partial charge on any atom is -0.481 e. The highest BCUT2D eigenvalue weighted by atomic mass is 19.1. The topological polar surface area (TPSA) is 77.9 Å². The van der Waals surface area contributed by atoms with E-state index in [1.807, 2.05) is 0 Å². The van der Waals surface area contributed by atoms with E-state index in [1.54, 1.807) is 4.90 Å². The second-order valence-electron chi connectivity index (χ2n) is 6.70. The van der Waals surface area contributed by atoms with Gasteiger partial charge in [-0.25, -0.2) is 8.78 Å². The van der Waals surface area contributed by atoms with Gasteiger partial charge >= 0.3 is 5.97 Å². The Morgan fingerprint density at radius 3 is 2.73 bits per heavy atom. The molecule has 1 fully saturated rings. The number of rotatable bonds is 6. The summed E-state index contributed by atoms with van der Waals surface area (Å²) in [4.78, 5) is 38.2. The number of likely N-dealkylation sites (tertiary alicyclic amines) is 1. The van der Waals surface area contributed by atoms with Crippen molar-refractivity contribution >= 4 is 17.8 Å². The maximum Gasteiger partial charge on any atom is 0.303 e. The highest BCUT2D eigenvalue weighted by Gasteiger charge is 2.42. The zero-order valence-corrected chi connectivity index (χ0v) is 14.2. The fourth-order valence-corrected chi connectivity index (χ4v) is 3.63. The van der Waals surface area contributed by atoms with E-state index in [0.29, 0.717) is 36.9 Å². The van der Waals surface area contributed by atoms with Gasteiger partial charge in [0.15, 0.2) is 0 Å². The average molecular weight is 366 g/mol. The third kappa shape index (κ3) is 3.75. The monoisotopic (exact) mass is 366 g/mol. The van der Waals surface area contributed by atoms with Crippen molar-refractivity contribution in [2.75, 3.05) is 13.1 Å². The van der Waals surface area contributed by atoms with Gasteiger partial charge in [-0.1, -0.05) is 0 Å². The number of carboxylic acids is 1. The van der Waals surface area contributed by atoms with Gasteiger partial charge in [0.05, 0.1) is 12.5 Å². The molecule has 1 N–H and O–H groups in total. The van der Waals surface area contributed by atoms with Crippen LogP contribution in [0.4, 0.5) is 8.78 Å². The molecule has 2 amide bonds. The Morgan fingerprint density at radius 1 is 1.23 bits per heavy atom. The van der Waals surface area contributed by atoms with E-state index in [1.165, 1.54) is 11.0 Å². The molecule has 6 nitrogen and oxygen atoms in total. The lowest BCUT2D eigenvalue weighted by Crippen LogP contribution is -2.44. The number of carboxylic acid groups (broad SMARTS) is 1. The van der Waals surface area contributed by atoms with E-state index in [0.717, 1.165) is 6.07 Å². The van der Waals surface area contributed by atoms with Crippen molar-refractivity contribution in [3.05, 3.63) is 34.9 Å². The van der Waals surface area contributed by atoms with Crippen LogP contribution in [-0.2, 0) is 27.3 Å². The summed E-state index contributed by atoms with van der Waals surface area (Å²) in [5.74, 6) is -2.74. The van der Waals surface area contributed by atoms with E-state index < -0.39 is 23.6 Å². The van der Waals surface area contributed by atoms with Crippen LogP contribution in [0.2, 0.25) is 0 Å². The zero-order valence-electron chi connectivity index (χ0n) is 14.2.